The van der Waals surface area contributed by atoms with Gasteiger partial charge in [0.25, 0.3) is 5.91 Å². The SMILES string of the molecule is Cl.O=C(Nc1ccc(Cl)cc1F)c1cccc(CC2CCNC2)c1. The van der Waals surface area contributed by atoms with Crippen molar-refractivity contribution in [3.63, 3.8) is 0 Å². The molecule has 2 aromatic rings. The van der Waals surface area contributed by atoms with Crippen molar-refractivity contribution in [2.75, 3.05) is 18.4 Å². The molecule has 3 nitrogen and oxygen atoms in total. The van der Waals surface area contributed by atoms with Gasteiger partial charge in [0.2, 0.25) is 0 Å². The van der Waals surface area contributed by atoms with Gasteiger partial charge in [-0.15, -0.1) is 12.4 Å². The predicted molar refractivity (Wildman–Crippen MR) is 97.7 cm³/mol. The maximum absolute atomic E-state index is 13.8. The lowest BCUT2D eigenvalue weighted by Crippen LogP contribution is -2.14. The molecule has 0 radical (unpaired) electrons. The van der Waals surface area contributed by atoms with E-state index < -0.39 is 5.82 Å². The smallest absolute Gasteiger partial charge is 0.255 e. The first kappa shape index (κ1) is 18.7. The second kappa shape index (κ2) is 8.47. The summed E-state index contributed by atoms with van der Waals surface area (Å²) in [4.78, 5) is 12.3. The van der Waals surface area contributed by atoms with E-state index >= 15 is 0 Å². The maximum atomic E-state index is 13.8. The predicted octanol–water partition coefficient (Wildman–Crippen LogP) is 4.31. The number of benzene rings is 2. The number of rotatable bonds is 4. The van der Waals surface area contributed by atoms with Gasteiger partial charge in [0.15, 0.2) is 0 Å². The van der Waals surface area contributed by atoms with E-state index in [2.05, 4.69) is 10.6 Å². The molecular weight excluding hydrogens is 350 g/mol. The Bertz CT molecular complexity index is 718. The monoisotopic (exact) mass is 368 g/mol. The molecule has 1 heterocycles. The molecule has 1 amide bonds. The Morgan fingerprint density at radius 3 is 2.83 bits per heavy atom. The molecule has 2 aromatic carbocycles. The van der Waals surface area contributed by atoms with Crippen LogP contribution in [0.15, 0.2) is 42.5 Å². The third kappa shape index (κ3) is 4.69. The number of nitrogens with one attached hydrogen (secondary N) is 2. The number of halogens is 3. The highest BCUT2D eigenvalue weighted by atomic mass is 35.5. The molecule has 0 aliphatic carbocycles. The molecule has 2 N–H and O–H groups in total. The summed E-state index contributed by atoms with van der Waals surface area (Å²) in [5, 5.41) is 6.23. The first-order chi connectivity index (χ1) is 11.1. The molecule has 24 heavy (non-hydrogen) atoms. The number of hydrogen-bond acceptors (Lipinski definition) is 2. The van der Waals surface area contributed by atoms with Gasteiger partial charge in [0.1, 0.15) is 5.82 Å². The van der Waals surface area contributed by atoms with Crippen LogP contribution in [0, 0.1) is 11.7 Å². The van der Waals surface area contributed by atoms with Gasteiger partial charge >= 0.3 is 0 Å². The van der Waals surface area contributed by atoms with Crippen LogP contribution in [-0.2, 0) is 6.42 Å². The highest BCUT2D eigenvalue weighted by Crippen LogP contribution is 2.20. The molecular formula is C18H19Cl2FN2O. The van der Waals surface area contributed by atoms with Crippen LogP contribution >= 0.6 is 24.0 Å². The van der Waals surface area contributed by atoms with E-state index in [9.17, 15) is 9.18 Å². The summed E-state index contributed by atoms with van der Waals surface area (Å²) in [6.45, 7) is 2.08. The minimum absolute atomic E-state index is 0. The topological polar surface area (TPSA) is 41.1 Å². The Balaban J connectivity index is 0.00000208. The van der Waals surface area contributed by atoms with Crippen LogP contribution in [0.2, 0.25) is 5.02 Å². The number of anilines is 1. The first-order valence-electron chi connectivity index (χ1n) is 7.68. The molecule has 0 saturated carbocycles. The molecule has 1 unspecified atom stereocenters. The minimum atomic E-state index is -0.543. The normalized spacial score (nSPS) is 16.5. The second-order valence-electron chi connectivity index (χ2n) is 5.84. The summed E-state index contributed by atoms with van der Waals surface area (Å²) < 4.78 is 13.8. The molecule has 1 saturated heterocycles. The quantitative estimate of drug-likeness (QED) is 0.844. The average molecular weight is 369 g/mol. The van der Waals surface area contributed by atoms with Crippen LogP contribution in [0.5, 0.6) is 0 Å². The first-order valence-corrected chi connectivity index (χ1v) is 8.05. The zero-order chi connectivity index (χ0) is 16.2. The van der Waals surface area contributed by atoms with Crippen LogP contribution in [0.3, 0.4) is 0 Å². The zero-order valence-electron chi connectivity index (χ0n) is 13.0. The molecule has 1 aliphatic rings. The lowest BCUT2D eigenvalue weighted by molar-refractivity contribution is 0.102. The van der Waals surface area contributed by atoms with Crippen molar-refractivity contribution in [2.24, 2.45) is 5.92 Å². The summed E-state index contributed by atoms with van der Waals surface area (Å²) >= 11 is 5.71. The summed E-state index contributed by atoms with van der Waals surface area (Å²) in [5.74, 6) is -0.251. The molecule has 1 atom stereocenters. The number of amides is 1. The minimum Gasteiger partial charge on any atom is -0.319 e. The van der Waals surface area contributed by atoms with Crippen LogP contribution < -0.4 is 10.6 Å². The van der Waals surface area contributed by atoms with Crippen molar-refractivity contribution in [1.82, 2.24) is 5.32 Å². The van der Waals surface area contributed by atoms with E-state index in [0.717, 1.165) is 31.5 Å². The van der Waals surface area contributed by atoms with Crippen LogP contribution in [-0.4, -0.2) is 19.0 Å². The molecule has 0 bridgehead atoms. The number of carbonyl (C=O) groups is 1. The average Bonchev–Trinajstić information content (AvgIpc) is 3.03. The van der Waals surface area contributed by atoms with Gasteiger partial charge in [-0.05, 0) is 67.7 Å². The fourth-order valence-corrected chi connectivity index (χ4v) is 3.01. The van der Waals surface area contributed by atoms with Gasteiger partial charge in [-0.2, -0.15) is 0 Å². The highest BCUT2D eigenvalue weighted by molar-refractivity contribution is 6.30. The Hall–Kier alpha value is -1.62. The Labute approximate surface area is 152 Å². The van der Waals surface area contributed by atoms with Crippen LogP contribution in [0.4, 0.5) is 10.1 Å². The maximum Gasteiger partial charge on any atom is 0.255 e. The van der Waals surface area contributed by atoms with E-state index in [1.807, 2.05) is 18.2 Å². The van der Waals surface area contributed by atoms with Gasteiger partial charge in [-0.25, -0.2) is 4.39 Å². The zero-order valence-corrected chi connectivity index (χ0v) is 14.6. The molecule has 3 rings (SSSR count). The van der Waals surface area contributed by atoms with Gasteiger partial charge < -0.3 is 10.6 Å². The van der Waals surface area contributed by atoms with Crippen LogP contribution in [0.1, 0.15) is 22.3 Å². The number of hydrogen-bond donors (Lipinski definition) is 2. The summed E-state index contributed by atoms with van der Waals surface area (Å²) in [7, 11) is 0. The fourth-order valence-electron chi connectivity index (χ4n) is 2.85. The van der Waals surface area contributed by atoms with E-state index in [1.54, 1.807) is 12.1 Å². The van der Waals surface area contributed by atoms with E-state index in [0.29, 0.717) is 16.5 Å². The third-order valence-electron chi connectivity index (χ3n) is 4.06. The highest BCUT2D eigenvalue weighted by Gasteiger charge is 2.16. The van der Waals surface area contributed by atoms with Crippen LogP contribution in [0.25, 0.3) is 0 Å². The third-order valence-corrected chi connectivity index (χ3v) is 4.29. The van der Waals surface area contributed by atoms with Crippen molar-refractivity contribution in [2.45, 2.75) is 12.8 Å². The van der Waals surface area contributed by atoms with Crippen molar-refractivity contribution in [3.05, 3.63) is 64.4 Å². The molecule has 0 spiro atoms. The van der Waals surface area contributed by atoms with Gasteiger partial charge in [-0.3, -0.25) is 4.79 Å². The summed E-state index contributed by atoms with van der Waals surface area (Å²) in [5.41, 5.74) is 1.79. The summed E-state index contributed by atoms with van der Waals surface area (Å²) in [6.07, 6.45) is 2.11. The lowest BCUT2D eigenvalue weighted by Gasteiger charge is -2.10. The van der Waals surface area contributed by atoms with Crippen molar-refractivity contribution < 1.29 is 9.18 Å². The Morgan fingerprint density at radius 2 is 2.12 bits per heavy atom. The molecule has 1 fully saturated rings. The number of carbonyl (C=O) groups excluding carboxylic acids is 1. The lowest BCUT2D eigenvalue weighted by atomic mass is 9.97. The van der Waals surface area contributed by atoms with E-state index in [-0.39, 0.29) is 24.0 Å². The fraction of sp³-hybridized carbons (Fsp3) is 0.278. The molecule has 6 heteroatoms. The largest absolute Gasteiger partial charge is 0.319 e. The van der Waals surface area contributed by atoms with Crippen molar-refractivity contribution in [3.8, 4) is 0 Å². The van der Waals surface area contributed by atoms with E-state index in [1.165, 1.54) is 12.1 Å². The van der Waals surface area contributed by atoms with Gasteiger partial charge in [0, 0.05) is 10.6 Å². The Morgan fingerprint density at radius 1 is 1.29 bits per heavy atom. The van der Waals surface area contributed by atoms with Crippen molar-refractivity contribution in [1.29, 1.82) is 0 Å². The standard InChI is InChI=1S/C18H18ClFN2O.ClH/c19-15-4-5-17(16(20)10-15)22-18(23)14-3-1-2-12(9-14)8-13-6-7-21-11-13;/h1-5,9-10,13,21H,6-8,11H2,(H,22,23);1H. The molecule has 128 valence electrons. The van der Waals surface area contributed by atoms with E-state index in [4.69, 9.17) is 11.6 Å². The van der Waals surface area contributed by atoms with Gasteiger partial charge in [-0.1, -0.05) is 23.7 Å². The van der Waals surface area contributed by atoms with Crippen molar-refractivity contribution >= 4 is 35.6 Å². The van der Waals surface area contributed by atoms with Gasteiger partial charge in [0.05, 0.1) is 5.69 Å². The summed E-state index contributed by atoms with van der Waals surface area (Å²) in [6, 6.07) is 11.7. The second-order valence-corrected chi connectivity index (χ2v) is 6.28. The molecule has 0 aromatic heterocycles. The molecule has 1 aliphatic heterocycles. The Kier molecular flexibility index (Phi) is 6.60.